The summed E-state index contributed by atoms with van der Waals surface area (Å²) in [5.41, 5.74) is 2.46. The Bertz CT molecular complexity index is 1090. The van der Waals surface area contributed by atoms with Crippen molar-refractivity contribution >= 4 is 27.5 Å². The van der Waals surface area contributed by atoms with Gasteiger partial charge >= 0.3 is 0 Å². The summed E-state index contributed by atoms with van der Waals surface area (Å²) in [6, 6.07) is 14.9. The minimum absolute atomic E-state index is 0.588. The van der Waals surface area contributed by atoms with Gasteiger partial charge < -0.3 is 14.2 Å². The molecule has 0 saturated carbocycles. The van der Waals surface area contributed by atoms with Crippen LogP contribution < -0.4 is 14.2 Å². The number of ether oxygens (including phenoxy) is 3. The molecule has 0 aliphatic heterocycles. The van der Waals surface area contributed by atoms with Gasteiger partial charge in [0.2, 0.25) is 5.75 Å². The van der Waals surface area contributed by atoms with E-state index in [9.17, 15) is 0 Å². The van der Waals surface area contributed by atoms with Crippen LogP contribution in [0.15, 0.2) is 72.3 Å². The summed E-state index contributed by atoms with van der Waals surface area (Å²) in [7, 11) is 4.88. The topological polar surface area (TPSA) is 27.7 Å². The molecule has 2 aromatic carbocycles. The van der Waals surface area contributed by atoms with Crippen molar-refractivity contribution in [3.05, 3.63) is 82.8 Å². The Morgan fingerprint density at radius 1 is 0.941 bits per heavy atom. The fraction of sp³-hybridized carbons (Fsp3) is 0.333. The molecule has 1 heterocycles. The van der Waals surface area contributed by atoms with Crippen LogP contribution >= 0.6 is 11.3 Å². The number of unbranched alkanes of at least 4 members (excludes halogenated alkanes) is 1. The van der Waals surface area contributed by atoms with Crippen LogP contribution in [0.3, 0.4) is 0 Å². The molecule has 1 aromatic heterocycles. The minimum atomic E-state index is 0.588. The lowest BCUT2D eigenvalue weighted by atomic mass is 10.00. The van der Waals surface area contributed by atoms with Crippen molar-refractivity contribution in [3.8, 4) is 17.2 Å². The molecule has 0 amide bonds. The zero-order valence-electron chi connectivity index (χ0n) is 21.0. The Hall–Kier alpha value is -2.98. The van der Waals surface area contributed by atoms with Crippen LogP contribution in [0.2, 0.25) is 0 Å². The molecule has 1 atom stereocenters. The molecule has 3 aromatic rings. The fourth-order valence-corrected chi connectivity index (χ4v) is 5.00. The summed E-state index contributed by atoms with van der Waals surface area (Å²) in [5.74, 6) is 2.54. The molecule has 0 bridgehead atoms. The first-order chi connectivity index (χ1) is 16.5. The van der Waals surface area contributed by atoms with E-state index in [-0.39, 0.29) is 0 Å². The number of fused-ring (bicyclic) bond motifs is 1. The summed E-state index contributed by atoms with van der Waals surface area (Å²) in [4.78, 5) is 1.49. The van der Waals surface area contributed by atoms with Crippen LogP contribution in [-0.4, -0.2) is 21.3 Å². The molecular weight excluding hydrogens is 440 g/mol. The molecule has 0 aliphatic carbocycles. The van der Waals surface area contributed by atoms with Crippen molar-refractivity contribution in [2.45, 2.75) is 45.4 Å². The largest absolute Gasteiger partial charge is 0.493 e. The van der Waals surface area contributed by atoms with Crippen molar-refractivity contribution in [1.29, 1.82) is 0 Å². The van der Waals surface area contributed by atoms with Gasteiger partial charge in [0, 0.05) is 9.58 Å². The highest BCUT2D eigenvalue weighted by molar-refractivity contribution is 7.19. The van der Waals surface area contributed by atoms with E-state index in [0.717, 1.165) is 24.8 Å². The Morgan fingerprint density at radius 3 is 2.32 bits per heavy atom. The molecule has 3 rings (SSSR count). The zero-order chi connectivity index (χ0) is 24.3. The molecule has 0 fully saturated rings. The Balaban J connectivity index is 1.43. The summed E-state index contributed by atoms with van der Waals surface area (Å²) >= 11 is 1.93. The molecule has 4 heteroatoms. The van der Waals surface area contributed by atoms with Gasteiger partial charge in [0.05, 0.1) is 21.3 Å². The van der Waals surface area contributed by atoms with Crippen LogP contribution in [0.25, 0.3) is 16.2 Å². The van der Waals surface area contributed by atoms with E-state index in [2.05, 4.69) is 74.6 Å². The lowest BCUT2D eigenvalue weighted by molar-refractivity contribution is 0.324. The maximum atomic E-state index is 5.42. The maximum Gasteiger partial charge on any atom is 0.203 e. The van der Waals surface area contributed by atoms with E-state index in [4.69, 9.17) is 14.2 Å². The Labute approximate surface area is 208 Å². The average Bonchev–Trinajstić information content (AvgIpc) is 3.30. The number of methoxy groups -OCH3 is 3. The first kappa shape index (κ1) is 25.6. The van der Waals surface area contributed by atoms with Crippen molar-refractivity contribution in [2.24, 2.45) is 0 Å². The highest BCUT2D eigenvalue weighted by Crippen LogP contribution is 2.38. The Kier molecular flexibility index (Phi) is 9.84. The minimum Gasteiger partial charge on any atom is -0.493 e. The molecule has 3 nitrogen and oxygen atoms in total. The van der Waals surface area contributed by atoms with Crippen LogP contribution in [0.4, 0.5) is 0 Å². The maximum absolute atomic E-state index is 5.42. The van der Waals surface area contributed by atoms with Crippen molar-refractivity contribution in [2.75, 3.05) is 21.3 Å². The molecule has 34 heavy (non-hydrogen) atoms. The second kappa shape index (κ2) is 13.0. The van der Waals surface area contributed by atoms with E-state index < -0.39 is 0 Å². The van der Waals surface area contributed by atoms with Crippen LogP contribution in [0.5, 0.6) is 17.2 Å². The van der Waals surface area contributed by atoms with Crippen molar-refractivity contribution < 1.29 is 14.2 Å². The Morgan fingerprint density at radius 2 is 1.65 bits per heavy atom. The number of benzene rings is 2. The zero-order valence-corrected chi connectivity index (χ0v) is 21.8. The first-order valence-electron chi connectivity index (χ1n) is 11.8. The third-order valence-electron chi connectivity index (χ3n) is 5.92. The van der Waals surface area contributed by atoms with E-state index in [0.29, 0.717) is 23.2 Å². The van der Waals surface area contributed by atoms with Gasteiger partial charge in [-0.05, 0) is 73.7 Å². The first-order valence-corrected chi connectivity index (χ1v) is 12.6. The number of hydrogen-bond acceptors (Lipinski definition) is 4. The van der Waals surface area contributed by atoms with Gasteiger partial charge in [-0.1, -0.05) is 61.1 Å². The van der Waals surface area contributed by atoms with E-state index in [1.165, 1.54) is 27.0 Å². The molecule has 0 spiro atoms. The van der Waals surface area contributed by atoms with E-state index in [1.54, 1.807) is 21.3 Å². The normalized spacial score (nSPS) is 13.1. The lowest BCUT2D eigenvalue weighted by Crippen LogP contribution is -1.95. The van der Waals surface area contributed by atoms with Gasteiger partial charge in [-0.15, -0.1) is 11.3 Å². The van der Waals surface area contributed by atoms with Gasteiger partial charge in [0.15, 0.2) is 11.5 Å². The average molecular weight is 477 g/mol. The van der Waals surface area contributed by atoms with Gasteiger partial charge in [0.25, 0.3) is 0 Å². The number of rotatable bonds is 12. The second-order valence-electron chi connectivity index (χ2n) is 8.51. The molecule has 1 unspecified atom stereocenters. The monoisotopic (exact) mass is 476 g/mol. The fourth-order valence-electron chi connectivity index (χ4n) is 3.85. The predicted octanol–water partition coefficient (Wildman–Crippen LogP) is 8.81. The molecule has 180 valence electrons. The molecular formula is C30H36O3S. The number of allylic oxidation sites excluding steroid dienone is 5. The predicted molar refractivity (Wildman–Crippen MR) is 147 cm³/mol. The quantitative estimate of drug-likeness (QED) is 0.193. The van der Waals surface area contributed by atoms with Crippen LogP contribution in [0.1, 0.15) is 55.9 Å². The SMILES string of the molecule is COc1cc(/C=C\CC/C=C/C=C(\C)CCC(C)c2cc3ccccc3s2)cc(OC)c1OC. The molecule has 0 saturated heterocycles. The van der Waals surface area contributed by atoms with Crippen molar-refractivity contribution in [3.63, 3.8) is 0 Å². The second-order valence-corrected chi connectivity index (χ2v) is 9.62. The van der Waals surface area contributed by atoms with E-state index in [1.807, 2.05) is 23.5 Å². The lowest BCUT2D eigenvalue weighted by Gasteiger charge is -2.12. The number of hydrogen-bond donors (Lipinski definition) is 0. The summed E-state index contributed by atoms with van der Waals surface area (Å²) in [6.45, 7) is 4.57. The van der Waals surface area contributed by atoms with Gasteiger partial charge in [-0.2, -0.15) is 0 Å². The van der Waals surface area contributed by atoms with E-state index >= 15 is 0 Å². The standard InChI is InChI=1S/C30H36O3S/c1-22(17-18-23(2)29-21-25-15-11-12-16-28(25)34-29)13-9-7-6-8-10-14-24-19-26(31-3)30(33-5)27(20-24)32-4/h7,9-16,19-21,23H,6,8,17-18H2,1-5H3/b9-7+,14-10-,22-13+. The van der Waals surface area contributed by atoms with Gasteiger partial charge in [-0.3, -0.25) is 0 Å². The highest BCUT2D eigenvalue weighted by Gasteiger charge is 2.12. The summed E-state index contributed by atoms with van der Waals surface area (Å²) in [5, 5.41) is 1.36. The number of thiophene rings is 1. The molecule has 0 N–H and O–H groups in total. The molecule has 0 radical (unpaired) electrons. The van der Waals surface area contributed by atoms with Crippen LogP contribution in [0, 0.1) is 0 Å². The van der Waals surface area contributed by atoms with Gasteiger partial charge in [0.1, 0.15) is 0 Å². The van der Waals surface area contributed by atoms with Gasteiger partial charge in [-0.25, -0.2) is 0 Å². The smallest absolute Gasteiger partial charge is 0.203 e. The summed E-state index contributed by atoms with van der Waals surface area (Å²) < 4.78 is 17.6. The third-order valence-corrected chi connectivity index (χ3v) is 7.26. The van der Waals surface area contributed by atoms with Crippen molar-refractivity contribution in [1.82, 2.24) is 0 Å². The molecule has 0 aliphatic rings. The third kappa shape index (κ3) is 7.01. The summed E-state index contributed by atoms with van der Waals surface area (Å²) in [6.07, 6.45) is 15.2. The highest BCUT2D eigenvalue weighted by atomic mass is 32.1. The van der Waals surface area contributed by atoms with Crippen LogP contribution in [-0.2, 0) is 0 Å².